The average molecular weight is 699 g/mol. The molecule has 0 amide bonds. The molecule has 0 aliphatic heterocycles. The van der Waals surface area contributed by atoms with Gasteiger partial charge in [-0.2, -0.15) is 0 Å². The standard InChI is InChI=1S/C37H30O14/c1-6-32(38)44-19-46-36(42)50-29-12-9-25(14-21(29)3)34(40)48-28-11-8-24-18-31(23(5)16-27(24)17-28)49-35(41)26-10-13-30(22(4)15-26)51-37(43)47-20-45-33(39)7-2/h6-18H,1-2,19-20H2,3-5H3. The minimum Gasteiger partial charge on any atom is -0.425 e. The number of ether oxygens (including phenoxy) is 8. The number of hydrogen-bond donors (Lipinski definition) is 0. The normalized spacial score (nSPS) is 10.3. The molecule has 0 atom stereocenters. The molecule has 0 radical (unpaired) electrons. The van der Waals surface area contributed by atoms with Crippen molar-refractivity contribution in [3.05, 3.63) is 120 Å². The van der Waals surface area contributed by atoms with Gasteiger partial charge >= 0.3 is 36.2 Å². The van der Waals surface area contributed by atoms with E-state index in [4.69, 9.17) is 18.9 Å². The predicted octanol–water partition coefficient (Wildman–Crippen LogP) is 6.61. The third-order valence-electron chi connectivity index (χ3n) is 6.82. The number of aryl methyl sites for hydroxylation is 3. The van der Waals surface area contributed by atoms with E-state index in [-0.39, 0.29) is 28.4 Å². The van der Waals surface area contributed by atoms with Crippen LogP contribution in [0.3, 0.4) is 0 Å². The van der Waals surface area contributed by atoms with E-state index in [2.05, 4.69) is 32.1 Å². The van der Waals surface area contributed by atoms with Gasteiger partial charge in [0.15, 0.2) is 0 Å². The molecule has 0 saturated carbocycles. The van der Waals surface area contributed by atoms with Crippen molar-refractivity contribution in [2.75, 3.05) is 13.6 Å². The van der Waals surface area contributed by atoms with Crippen molar-refractivity contribution in [1.82, 2.24) is 0 Å². The summed E-state index contributed by atoms with van der Waals surface area (Å²) in [6, 6.07) is 16.9. The van der Waals surface area contributed by atoms with Crippen LogP contribution in [-0.4, -0.2) is 49.8 Å². The van der Waals surface area contributed by atoms with Crippen LogP contribution in [0.4, 0.5) is 9.59 Å². The summed E-state index contributed by atoms with van der Waals surface area (Å²) >= 11 is 0. The van der Waals surface area contributed by atoms with Gasteiger partial charge in [0.2, 0.25) is 13.6 Å². The van der Waals surface area contributed by atoms with Crippen molar-refractivity contribution < 1.29 is 66.7 Å². The molecule has 51 heavy (non-hydrogen) atoms. The third kappa shape index (κ3) is 10.3. The fraction of sp³-hybridized carbons (Fsp3) is 0.135. The number of hydrogen-bond acceptors (Lipinski definition) is 14. The van der Waals surface area contributed by atoms with Crippen LogP contribution in [-0.2, 0) is 28.5 Å². The molecule has 4 aromatic carbocycles. The first-order valence-corrected chi connectivity index (χ1v) is 14.8. The Balaban J connectivity index is 1.36. The monoisotopic (exact) mass is 698 g/mol. The zero-order valence-corrected chi connectivity index (χ0v) is 27.5. The Bertz CT molecular complexity index is 2040. The number of rotatable bonds is 12. The quantitative estimate of drug-likeness (QED) is 0.0508. The molecule has 0 aliphatic rings. The van der Waals surface area contributed by atoms with Crippen molar-refractivity contribution >= 4 is 47.0 Å². The van der Waals surface area contributed by atoms with E-state index in [0.717, 1.165) is 12.2 Å². The third-order valence-corrected chi connectivity index (χ3v) is 6.82. The van der Waals surface area contributed by atoms with Crippen molar-refractivity contribution in [2.45, 2.75) is 20.8 Å². The summed E-state index contributed by atoms with van der Waals surface area (Å²) in [6.07, 6.45) is -0.398. The lowest BCUT2D eigenvalue weighted by atomic mass is 10.1. The first-order valence-electron chi connectivity index (χ1n) is 14.8. The van der Waals surface area contributed by atoms with Crippen molar-refractivity contribution in [1.29, 1.82) is 0 Å². The van der Waals surface area contributed by atoms with Gasteiger partial charge in [-0.05, 0) is 109 Å². The van der Waals surface area contributed by atoms with E-state index >= 15 is 0 Å². The van der Waals surface area contributed by atoms with Gasteiger partial charge in [0.1, 0.15) is 23.0 Å². The second-order valence-corrected chi connectivity index (χ2v) is 10.4. The molecule has 0 fully saturated rings. The van der Waals surface area contributed by atoms with Crippen LogP contribution in [0.25, 0.3) is 10.8 Å². The highest BCUT2D eigenvalue weighted by Gasteiger charge is 2.17. The molecule has 4 rings (SSSR count). The summed E-state index contributed by atoms with van der Waals surface area (Å²) in [5.41, 5.74) is 1.88. The van der Waals surface area contributed by atoms with Gasteiger partial charge in [-0.25, -0.2) is 28.8 Å². The lowest BCUT2D eigenvalue weighted by molar-refractivity contribution is -0.147. The van der Waals surface area contributed by atoms with Crippen LogP contribution in [0.1, 0.15) is 37.4 Å². The van der Waals surface area contributed by atoms with Crippen molar-refractivity contribution in [3.8, 4) is 23.0 Å². The van der Waals surface area contributed by atoms with Gasteiger partial charge in [-0.15, -0.1) is 0 Å². The summed E-state index contributed by atoms with van der Waals surface area (Å²) in [5.74, 6) is -2.07. The molecule has 0 unspecified atom stereocenters. The minimum atomic E-state index is -1.11. The zero-order valence-electron chi connectivity index (χ0n) is 27.5. The second kappa shape index (κ2) is 16.9. The van der Waals surface area contributed by atoms with E-state index in [1.165, 1.54) is 36.4 Å². The molecule has 0 spiro atoms. The largest absolute Gasteiger partial charge is 0.516 e. The van der Waals surface area contributed by atoms with E-state index in [0.29, 0.717) is 33.2 Å². The Morgan fingerprint density at radius 1 is 0.510 bits per heavy atom. The van der Waals surface area contributed by atoms with Gasteiger partial charge < -0.3 is 37.9 Å². The Hall–Kier alpha value is -6.96. The van der Waals surface area contributed by atoms with Gasteiger partial charge in [0.05, 0.1) is 11.1 Å². The lowest BCUT2D eigenvalue weighted by Crippen LogP contribution is -2.15. The van der Waals surface area contributed by atoms with Gasteiger partial charge in [0.25, 0.3) is 0 Å². The summed E-state index contributed by atoms with van der Waals surface area (Å²) in [5, 5.41) is 1.40. The van der Waals surface area contributed by atoms with Crippen molar-refractivity contribution in [3.63, 3.8) is 0 Å². The lowest BCUT2D eigenvalue weighted by Gasteiger charge is -2.12. The molecule has 0 N–H and O–H groups in total. The van der Waals surface area contributed by atoms with Crippen molar-refractivity contribution in [2.24, 2.45) is 0 Å². The van der Waals surface area contributed by atoms with Crippen LogP contribution in [0.2, 0.25) is 0 Å². The minimum absolute atomic E-state index is 0.120. The average Bonchev–Trinajstić information content (AvgIpc) is 3.10. The predicted molar refractivity (Wildman–Crippen MR) is 177 cm³/mol. The van der Waals surface area contributed by atoms with Gasteiger partial charge in [-0.3, -0.25) is 0 Å². The Morgan fingerprint density at radius 3 is 1.49 bits per heavy atom. The number of carbonyl (C=O) groups is 6. The Morgan fingerprint density at radius 2 is 1.00 bits per heavy atom. The SMILES string of the molecule is C=CC(=O)OCOC(=O)Oc1ccc(C(=O)Oc2ccc3cc(OC(=O)c4ccc(OC(=O)OCOC(=O)C=C)c(C)c4)c(C)cc3c2)cc1C. The molecule has 0 heterocycles. The van der Waals surface area contributed by atoms with E-state index in [9.17, 15) is 28.8 Å². The summed E-state index contributed by atoms with van der Waals surface area (Å²) in [7, 11) is 0. The molecular weight excluding hydrogens is 668 g/mol. The summed E-state index contributed by atoms with van der Waals surface area (Å²) < 4.78 is 39.8. The maximum atomic E-state index is 13.0. The molecular formula is C37H30O14. The molecule has 0 aromatic heterocycles. The highest BCUT2D eigenvalue weighted by atomic mass is 16.8. The topological polar surface area (TPSA) is 176 Å². The van der Waals surface area contributed by atoms with E-state index in [1.54, 1.807) is 51.1 Å². The molecule has 0 bridgehead atoms. The fourth-order valence-electron chi connectivity index (χ4n) is 4.28. The highest BCUT2D eigenvalue weighted by molar-refractivity contribution is 5.94. The van der Waals surface area contributed by atoms with E-state index in [1.807, 2.05) is 0 Å². The smallest absolute Gasteiger partial charge is 0.425 e. The number of benzene rings is 4. The first kappa shape index (κ1) is 36.9. The van der Waals surface area contributed by atoms with Crippen LogP contribution in [0.5, 0.6) is 23.0 Å². The highest BCUT2D eigenvalue weighted by Crippen LogP contribution is 2.30. The number of carbonyl (C=O) groups excluding carboxylic acids is 6. The molecule has 14 nitrogen and oxygen atoms in total. The van der Waals surface area contributed by atoms with Crippen LogP contribution in [0.15, 0.2) is 92.0 Å². The van der Waals surface area contributed by atoms with Gasteiger partial charge in [-0.1, -0.05) is 19.2 Å². The van der Waals surface area contributed by atoms with Crippen LogP contribution >= 0.6 is 0 Å². The Labute approximate surface area is 290 Å². The maximum absolute atomic E-state index is 13.0. The van der Waals surface area contributed by atoms with Gasteiger partial charge in [0, 0.05) is 12.2 Å². The zero-order chi connectivity index (χ0) is 37.1. The molecule has 14 heteroatoms. The molecule has 0 saturated heterocycles. The maximum Gasteiger partial charge on any atom is 0.516 e. The fourth-order valence-corrected chi connectivity index (χ4v) is 4.28. The first-order chi connectivity index (χ1) is 24.4. The summed E-state index contributed by atoms with van der Waals surface area (Å²) in [6.45, 7) is 10.1. The number of esters is 4. The van der Waals surface area contributed by atoms with Crippen LogP contribution in [0, 0.1) is 20.8 Å². The Kier molecular flexibility index (Phi) is 12.2. The summed E-state index contributed by atoms with van der Waals surface area (Å²) in [4.78, 5) is 71.7. The second-order valence-electron chi connectivity index (χ2n) is 10.4. The van der Waals surface area contributed by atoms with Crippen LogP contribution < -0.4 is 18.9 Å². The molecule has 0 aliphatic carbocycles. The van der Waals surface area contributed by atoms with E-state index < -0.39 is 49.8 Å². The molecule has 262 valence electrons. The molecule has 4 aromatic rings. The number of fused-ring (bicyclic) bond motifs is 1.